The van der Waals surface area contributed by atoms with Crippen LogP contribution in [-0.4, -0.2) is 43.6 Å². The van der Waals surface area contributed by atoms with Gasteiger partial charge in [-0.15, -0.1) is 0 Å². The van der Waals surface area contributed by atoms with Crippen LogP contribution in [0.25, 0.3) is 4.96 Å². The van der Waals surface area contributed by atoms with Crippen molar-refractivity contribution in [3.8, 4) is 0 Å². The van der Waals surface area contributed by atoms with Gasteiger partial charge in [-0.1, -0.05) is 11.3 Å². The summed E-state index contributed by atoms with van der Waals surface area (Å²) in [7, 11) is 0. The van der Waals surface area contributed by atoms with Crippen LogP contribution < -0.4 is 5.32 Å². The molecule has 0 bridgehead atoms. The van der Waals surface area contributed by atoms with Crippen LogP contribution in [0.15, 0.2) is 11.6 Å². The zero-order chi connectivity index (χ0) is 14.0. The van der Waals surface area contributed by atoms with E-state index in [0.717, 1.165) is 0 Å². The van der Waals surface area contributed by atoms with Gasteiger partial charge in [0, 0.05) is 17.7 Å². The summed E-state index contributed by atoms with van der Waals surface area (Å²) >= 11 is 2.84. The molecule has 0 aliphatic heterocycles. The number of aromatic nitrogens is 2. The smallest absolute Gasteiger partial charge is 0.372 e. The molecule has 0 spiro atoms. The Morgan fingerprint density at radius 3 is 3.11 bits per heavy atom. The van der Waals surface area contributed by atoms with E-state index >= 15 is 0 Å². The number of imidazole rings is 1. The van der Waals surface area contributed by atoms with Crippen molar-refractivity contribution < 1.29 is 10.0 Å². The van der Waals surface area contributed by atoms with Crippen molar-refractivity contribution in [2.45, 2.75) is 12.5 Å². The molecule has 2 aromatic rings. The van der Waals surface area contributed by atoms with Gasteiger partial charge < -0.3 is 20.5 Å². The highest BCUT2D eigenvalue weighted by Gasteiger charge is 2.26. The number of nitro groups is 1. The fraction of sp³-hybridized carbons (Fsp3) is 0.500. The molecule has 19 heavy (non-hydrogen) atoms. The lowest BCUT2D eigenvalue weighted by atomic mass is 10.1. The molecule has 2 heterocycles. The normalized spacial score (nSPS) is 14.5. The van der Waals surface area contributed by atoms with E-state index in [1.54, 1.807) is 18.5 Å². The lowest BCUT2D eigenvalue weighted by molar-refractivity contribution is -0.389. The minimum Gasteiger partial charge on any atom is -0.387 e. The Balaban J connectivity index is 2.23. The van der Waals surface area contributed by atoms with Crippen LogP contribution in [0.2, 0.25) is 0 Å². The number of aliphatic hydroxyl groups is 1. The van der Waals surface area contributed by atoms with E-state index in [2.05, 4.69) is 10.3 Å². The molecule has 2 N–H and O–H groups in total. The van der Waals surface area contributed by atoms with Gasteiger partial charge >= 0.3 is 5.82 Å². The monoisotopic (exact) mass is 302 g/mol. The van der Waals surface area contributed by atoms with Crippen molar-refractivity contribution in [1.29, 1.82) is 0 Å². The van der Waals surface area contributed by atoms with E-state index in [4.69, 9.17) is 0 Å². The predicted octanol–water partition coefficient (Wildman–Crippen LogP) is 1.83. The van der Waals surface area contributed by atoms with Gasteiger partial charge in [0.15, 0.2) is 0 Å². The second kappa shape index (κ2) is 5.35. The first-order valence-electron chi connectivity index (χ1n) is 5.50. The fourth-order valence-corrected chi connectivity index (χ4v) is 3.14. The molecule has 0 aromatic carbocycles. The summed E-state index contributed by atoms with van der Waals surface area (Å²) in [5.74, 6) is 0.630. The summed E-state index contributed by atoms with van der Waals surface area (Å²) in [5.41, 5.74) is -0.940. The lowest BCUT2D eigenvalue weighted by Crippen LogP contribution is -2.36. The predicted molar refractivity (Wildman–Crippen MR) is 77.2 cm³/mol. The SMILES string of the molecule is CSCC(C)(O)CNc1nc2sccn2c1[N+](=O)[O-]. The Kier molecular flexibility index (Phi) is 3.97. The van der Waals surface area contributed by atoms with Crippen LogP contribution in [0.3, 0.4) is 0 Å². The van der Waals surface area contributed by atoms with Crippen molar-refractivity contribution >= 4 is 39.7 Å². The Hall–Kier alpha value is -1.32. The average molecular weight is 302 g/mol. The van der Waals surface area contributed by atoms with E-state index < -0.39 is 10.5 Å². The van der Waals surface area contributed by atoms with Gasteiger partial charge in [0.2, 0.25) is 5.82 Å². The molecule has 0 saturated carbocycles. The van der Waals surface area contributed by atoms with Crippen LogP contribution in [0.5, 0.6) is 0 Å². The topological polar surface area (TPSA) is 92.7 Å². The number of hydrogen-bond acceptors (Lipinski definition) is 7. The molecule has 0 radical (unpaired) electrons. The Morgan fingerprint density at radius 2 is 2.47 bits per heavy atom. The summed E-state index contributed by atoms with van der Waals surface area (Å²) in [6.45, 7) is 1.89. The van der Waals surface area contributed by atoms with Gasteiger partial charge in [-0.05, 0) is 18.1 Å². The van der Waals surface area contributed by atoms with Crippen LogP contribution in [0.4, 0.5) is 11.6 Å². The largest absolute Gasteiger partial charge is 0.387 e. The summed E-state index contributed by atoms with van der Waals surface area (Å²) < 4.78 is 1.43. The van der Waals surface area contributed by atoms with E-state index in [-0.39, 0.29) is 18.2 Å². The number of anilines is 1. The first-order valence-corrected chi connectivity index (χ1v) is 7.77. The molecule has 9 heteroatoms. The standard InChI is InChI=1S/C10H14N4O3S2/c1-10(15,6-18-2)5-11-7-8(14(16)17)13-3-4-19-9(13)12-7/h3-4,11,15H,5-6H2,1-2H3. The number of nitrogens with one attached hydrogen (secondary N) is 1. The molecular formula is C10H14N4O3S2. The Labute approximate surface area is 117 Å². The summed E-state index contributed by atoms with van der Waals surface area (Å²) in [6, 6.07) is 0. The summed E-state index contributed by atoms with van der Waals surface area (Å²) in [6.07, 6.45) is 3.50. The maximum Gasteiger partial charge on any atom is 0.372 e. The molecule has 0 aliphatic rings. The number of hydrogen-bond donors (Lipinski definition) is 2. The van der Waals surface area contributed by atoms with Crippen molar-refractivity contribution in [3.05, 3.63) is 21.7 Å². The molecule has 2 aromatic heterocycles. The second-order valence-electron chi connectivity index (χ2n) is 4.38. The molecular weight excluding hydrogens is 288 g/mol. The van der Waals surface area contributed by atoms with Crippen LogP contribution in [0.1, 0.15) is 6.92 Å². The minimum absolute atomic E-state index is 0.101. The van der Waals surface area contributed by atoms with Gasteiger partial charge in [0.05, 0.1) is 5.60 Å². The molecule has 0 saturated heterocycles. The van der Waals surface area contributed by atoms with E-state index in [1.807, 2.05) is 6.26 Å². The number of fused-ring (bicyclic) bond motifs is 1. The van der Waals surface area contributed by atoms with Crippen molar-refractivity contribution in [2.24, 2.45) is 0 Å². The third-order valence-corrected chi connectivity index (χ3v) is 4.17. The Morgan fingerprint density at radius 1 is 1.74 bits per heavy atom. The fourth-order valence-electron chi connectivity index (χ4n) is 1.70. The first-order chi connectivity index (χ1) is 8.94. The highest BCUT2D eigenvalue weighted by molar-refractivity contribution is 7.98. The third-order valence-electron chi connectivity index (χ3n) is 2.50. The number of nitrogens with zero attached hydrogens (tertiary/aromatic N) is 3. The zero-order valence-corrected chi connectivity index (χ0v) is 12.1. The quantitative estimate of drug-likeness (QED) is 0.624. The van der Waals surface area contributed by atoms with E-state index in [1.165, 1.54) is 27.5 Å². The molecule has 1 atom stereocenters. The zero-order valence-electron chi connectivity index (χ0n) is 10.5. The van der Waals surface area contributed by atoms with Crippen molar-refractivity contribution in [3.63, 3.8) is 0 Å². The van der Waals surface area contributed by atoms with Crippen LogP contribution >= 0.6 is 23.1 Å². The summed E-state index contributed by atoms with van der Waals surface area (Å²) in [4.78, 5) is 15.3. The number of thioether (sulfide) groups is 1. The second-order valence-corrected chi connectivity index (χ2v) is 6.12. The van der Waals surface area contributed by atoms with Gasteiger partial charge in [0.25, 0.3) is 4.96 Å². The average Bonchev–Trinajstić information content (AvgIpc) is 2.84. The highest BCUT2D eigenvalue weighted by Crippen LogP contribution is 2.28. The molecule has 7 nitrogen and oxygen atoms in total. The summed E-state index contributed by atoms with van der Waals surface area (Å²) in [5, 5.41) is 25.7. The van der Waals surface area contributed by atoms with E-state index in [0.29, 0.717) is 10.7 Å². The lowest BCUT2D eigenvalue weighted by Gasteiger charge is -2.22. The molecule has 0 aliphatic carbocycles. The van der Waals surface area contributed by atoms with Crippen molar-refractivity contribution in [2.75, 3.05) is 23.9 Å². The van der Waals surface area contributed by atoms with Gasteiger partial charge in [-0.25, -0.2) is 0 Å². The highest BCUT2D eigenvalue weighted by atomic mass is 32.2. The maximum absolute atomic E-state index is 11.1. The third kappa shape index (κ3) is 2.99. The maximum atomic E-state index is 11.1. The Bertz CT molecular complexity index is 593. The van der Waals surface area contributed by atoms with Crippen LogP contribution in [-0.2, 0) is 0 Å². The van der Waals surface area contributed by atoms with Crippen molar-refractivity contribution in [1.82, 2.24) is 9.38 Å². The number of rotatable bonds is 6. The molecule has 2 rings (SSSR count). The van der Waals surface area contributed by atoms with E-state index in [9.17, 15) is 15.2 Å². The van der Waals surface area contributed by atoms with Crippen LogP contribution in [0, 0.1) is 10.1 Å². The molecule has 0 fully saturated rings. The first kappa shape index (κ1) is 14.1. The van der Waals surface area contributed by atoms with Gasteiger partial charge in [-0.2, -0.15) is 21.1 Å². The molecule has 0 amide bonds. The molecule has 104 valence electrons. The van der Waals surface area contributed by atoms with Gasteiger partial charge in [-0.3, -0.25) is 0 Å². The minimum atomic E-state index is -0.940. The van der Waals surface area contributed by atoms with Gasteiger partial charge in [0.1, 0.15) is 6.20 Å². The molecule has 1 unspecified atom stereocenters. The number of thiazole rings is 1.